The molecule has 1 aromatic rings. The zero-order valence-electron chi connectivity index (χ0n) is 10.2. The molecular weight excluding hydrogens is 321 g/mol. The van der Waals surface area contributed by atoms with Crippen molar-refractivity contribution in [1.29, 1.82) is 0 Å². The molecule has 0 bridgehead atoms. The van der Waals surface area contributed by atoms with Gasteiger partial charge in [-0.25, -0.2) is 4.39 Å². The van der Waals surface area contributed by atoms with Crippen molar-refractivity contribution in [3.05, 3.63) is 34.1 Å². The summed E-state index contributed by atoms with van der Waals surface area (Å²) in [4.78, 5) is 11.9. The fourth-order valence-corrected chi connectivity index (χ4v) is 2.48. The molecule has 0 aliphatic carbocycles. The van der Waals surface area contributed by atoms with Crippen LogP contribution in [0.5, 0.6) is 0 Å². The van der Waals surface area contributed by atoms with E-state index in [1.54, 1.807) is 12.1 Å². The van der Waals surface area contributed by atoms with Gasteiger partial charge in [0.25, 0.3) is 5.91 Å². The number of benzene rings is 1. The number of rotatable bonds is 6. The molecule has 0 spiro atoms. The van der Waals surface area contributed by atoms with E-state index < -0.39 is 11.7 Å². The van der Waals surface area contributed by atoms with Crippen molar-refractivity contribution in [3.63, 3.8) is 0 Å². The van der Waals surface area contributed by atoms with Crippen LogP contribution in [0.15, 0.2) is 22.7 Å². The standard InChI is InChI=1S/C13H16BrClFNO/c1-2-9(6-7-15)8-17-13(18)12-10(14)4-3-5-11(12)16/h3-5,9H,2,6-8H2,1H3,(H,17,18). The number of amides is 1. The summed E-state index contributed by atoms with van der Waals surface area (Å²) in [6.07, 6.45) is 1.78. The van der Waals surface area contributed by atoms with Crippen molar-refractivity contribution in [3.8, 4) is 0 Å². The molecule has 1 atom stereocenters. The lowest BCUT2D eigenvalue weighted by Gasteiger charge is -2.14. The van der Waals surface area contributed by atoms with Gasteiger partial charge in [0.15, 0.2) is 0 Å². The lowest BCUT2D eigenvalue weighted by Crippen LogP contribution is -2.30. The molecule has 1 rings (SSSR count). The van der Waals surface area contributed by atoms with E-state index in [1.165, 1.54) is 6.07 Å². The fourth-order valence-electron chi connectivity index (χ4n) is 1.64. The minimum Gasteiger partial charge on any atom is -0.352 e. The van der Waals surface area contributed by atoms with Gasteiger partial charge in [-0.3, -0.25) is 4.79 Å². The largest absolute Gasteiger partial charge is 0.352 e. The van der Waals surface area contributed by atoms with Crippen molar-refractivity contribution in [2.45, 2.75) is 19.8 Å². The number of hydrogen-bond acceptors (Lipinski definition) is 1. The van der Waals surface area contributed by atoms with E-state index in [2.05, 4.69) is 21.2 Å². The molecule has 0 aromatic heterocycles. The first-order chi connectivity index (χ1) is 8.60. The summed E-state index contributed by atoms with van der Waals surface area (Å²) in [5.41, 5.74) is 0.0539. The maximum Gasteiger partial charge on any atom is 0.255 e. The molecule has 1 unspecified atom stereocenters. The van der Waals surface area contributed by atoms with Gasteiger partial charge < -0.3 is 5.32 Å². The number of alkyl halides is 1. The van der Waals surface area contributed by atoms with Crippen molar-refractivity contribution in [1.82, 2.24) is 5.32 Å². The average molecular weight is 337 g/mol. The van der Waals surface area contributed by atoms with Crippen LogP contribution in [0.25, 0.3) is 0 Å². The first kappa shape index (κ1) is 15.4. The topological polar surface area (TPSA) is 29.1 Å². The van der Waals surface area contributed by atoms with E-state index in [9.17, 15) is 9.18 Å². The number of hydrogen-bond donors (Lipinski definition) is 1. The SMILES string of the molecule is CCC(CCCl)CNC(=O)c1c(F)cccc1Br. The Morgan fingerprint density at radius 3 is 2.83 bits per heavy atom. The van der Waals surface area contributed by atoms with Crippen LogP contribution in [0.4, 0.5) is 4.39 Å². The second kappa shape index (κ2) is 7.74. The average Bonchev–Trinajstić information content (AvgIpc) is 2.34. The Balaban J connectivity index is 2.65. The molecule has 0 aliphatic rings. The normalized spacial score (nSPS) is 12.2. The first-order valence-corrected chi connectivity index (χ1v) is 7.21. The molecule has 1 N–H and O–H groups in total. The molecule has 18 heavy (non-hydrogen) atoms. The number of nitrogens with one attached hydrogen (secondary N) is 1. The highest BCUT2D eigenvalue weighted by Crippen LogP contribution is 2.19. The number of halogens is 3. The summed E-state index contributed by atoms with van der Waals surface area (Å²) in [7, 11) is 0. The van der Waals surface area contributed by atoms with Gasteiger partial charge in [0.1, 0.15) is 5.82 Å². The van der Waals surface area contributed by atoms with Gasteiger partial charge in [-0.05, 0) is 40.4 Å². The van der Waals surface area contributed by atoms with Crippen LogP contribution in [-0.2, 0) is 0 Å². The van der Waals surface area contributed by atoms with Gasteiger partial charge in [0.05, 0.1) is 5.56 Å². The Morgan fingerprint density at radius 2 is 2.28 bits per heavy atom. The lowest BCUT2D eigenvalue weighted by atomic mass is 10.0. The second-order valence-corrected chi connectivity index (χ2v) is 5.29. The van der Waals surface area contributed by atoms with E-state index in [4.69, 9.17) is 11.6 Å². The Morgan fingerprint density at radius 1 is 1.56 bits per heavy atom. The molecule has 0 radical (unpaired) electrons. The third-order valence-corrected chi connectivity index (χ3v) is 3.71. The fraction of sp³-hybridized carbons (Fsp3) is 0.462. The first-order valence-electron chi connectivity index (χ1n) is 5.88. The molecule has 5 heteroatoms. The van der Waals surface area contributed by atoms with Crippen LogP contribution in [0.3, 0.4) is 0 Å². The van der Waals surface area contributed by atoms with Crippen LogP contribution in [0, 0.1) is 11.7 Å². The minimum absolute atomic E-state index is 0.0539. The molecule has 0 aliphatic heterocycles. The van der Waals surface area contributed by atoms with Gasteiger partial charge >= 0.3 is 0 Å². The smallest absolute Gasteiger partial charge is 0.255 e. The third kappa shape index (κ3) is 4.25. The minimum atomic E-state index is -0.521. The highest BCUT2D eigenvalue weighted by molar-refractivity contribution is 9.10. The summed E-state index contributed by atoms with van der Waals surface area (Å²) >= 11 is 8.86. The Hall–Kier alpha value is -0.610. The second-order valence-electron chi connectivity index (χ2n) is 4.06. The number of carbonyl (C=O) groups excluding carboxylic acids is 1. The van der Waals surface area contributed by atoms with Crippen molar-refractivity contribution in [2.75, 3.05) is 12.4 Å². The van der Waals surface area contributed by atoms with E-state index in [0.717, 1.165) is 12.8 Å². The third-order valence-electron chi connectivity index (χ3n) is 2.84. The van der Waals surface area contributed by atoms with E-state index in [-0.39, 0.29) is 5.56 Å². The molecule has 100 valence electrons. The highest BCUT2D eigenvalue weighted by Gasteiger charge is 2.16. The molecule has 0 fully saturated rings. The Kier molecular flexibility index (Phi) is 6.65. The zero-order chi connectivity index (χ0) is 13.5. The van der Waals surface area contributed by atoms with Crippen LogP contribution in [-0.4, -0.2) is 18.3 Å². The predicted molar refractivity (Wildman–Crippen MR) is 75.6 cm³/mol. The van der Waals surface area contributed by atoms with Gasteiger partial charge in [0, 0.05) is 16.9 Å². The van der Waals surface area contributed by atoms with Gasteiger partial charge in [-0.1, -0.05) is 19.4 Å². The monoisotopic (exact) mass is 335 g/mol. The van der Waals surface area contributed by atoms with Crippen LogP contribution in [0.1, 0.15) is 30.1 Å². The van der Waals surface area contributed by atoms with Gasteiger partial charge in [-0.15, -0.1) is 11.6 Å². The molecule has 1 amide bonds. The molecule has 1 aromatic carbocycles. The van der Waals surface area contributed by atoms with Crippen LogP contribution < -0.4 is 5.32 Å². The quantitative estimate of drug-likeness (QED) is 0.782. The summed E-state index contributed by atoms with van der Waals surface area (Å²) in [5.74, 6) is -0.0186. The van der Waals surface area contributed by atoms with Crippen molar-refractivity contribution in [2.24, 2.45) is 5.92 Å². The van der Waals surface area contributed by atoms with Crippen LogP contribution in [0.2, 0.25) is 0 Å². The van der Waals surface area contributed by atoms with E-state index in [0.29, 0.717) is 22.8 Å². The van der Waals surface area contributed by atoms with E-state index in [1.807, 2.05) is 6.92 Å². The predicted octanol–water partition coefficient (Wildman–Crippen LogP) is 3.97. The summed E-state index contributed by atoms with van der Waals surface area (Å²) in [6.45, 7) is 2.56. The maximum absolute atomic E-state index is 13.5. The summed E-state index contributed by atoms with van der Waals surface area (Å²) in [6, 6.07) is 4.47. The van der Waals surface area contributed by atoms with Crippen molar-refractivity contribution >= 4 is 33.4 Å². The summed E-state index contributed by atoms with van der Waals surface area (Å²) < 4.78 is 14.0. The van der Waals surface area contributed by atoms with Gasteiger partial charge in [-0.2, -0.15) is 0 Å². The van der Waals surface area contributed by atoms with Crippen LogP contribution >= 0.6 is 27.5 Å². The molecular formula is C13H16BrClFNO. The summed E-state index contributed by atoms with van der Waals surface area (Å²) in [5, 5.41) is 2.75. The number of carbonyl (C=O) groups is 1. The van der Waals surface area contributed by atoms with E-state index >= 15 is 0 Å². The molecule has 0 saturated carbocycles. The molecule has 0 heterocycles. The molecule has 2 nitrogen and oxygen atoms in total. The lowest BCUT2D eigenvalue weighted by molar-refractivity contribution is 0.0941. The zero-order valence-corrected chi connectivity index (χ0v) is 12.5. The molecule has 0 saturated heterocycles. The van der Waals surface area contributed by atoms with Gasteiger partial charge in [0.2, 0.25) is 0 Å². The maximum atomic E-state index is 13.5. The highest BCUT2D eigenvalue weighted by atomic mass is 79.9. The Labute approximate surface area is 120 Å². The Bertz CT molecular complexity index is 394. The van der Waals surface area contributed by atoms with Crippen molar-refractivity contribution < 1.29 is 9.18 Å².